The fourth-order valence-corrected chi connectivity index (χ4v) is 2.29. The summed E-state index contributed by atoms with van der Waals surface area (Å²) in [5.41, 5.74) is -0.153. The van der Waals surface area contributed by atoms with E-state index in [-0.39, 0.29) is 17.3 Å². The monoisotopic (exact) mass is 330 g/mol. The predicted octanol–water partition coefficient (Wildman–Crippen LogP) is 2.17. The van der Waals surface area contributed by atoms with Gasteiger partial charge >= 0.3 is 5.97 Å². The lowest BCUT2D eigenvalue weighted by Gasteiger charge is -2.18. The Morgan fingerprint density at radius 2 is 1.96 bits per heavy atom. The molecule has 8 nitrogen and oxygen atoms in total. The summed E-state index contributed by atoms with van der Waals surface area (Å²) in [5.74, 6) is -0.256. The predicted molar refractivity (Wildman–Crippen MR) is 82.5 cm³/mol. The van der Waals surface area contributed by atoms with Crippen LogP contribution in [0.25, 0.3) is 0 Å². The van der Waals surface area contributed by atoms with Gasteiger partial charge < -0.3 is 14.9 Å². The summed E-state index contributed by atoms with van der Waals surface area (Å²) in [6.07, 6.45) is 2.12. The quantitative estimate of drug-likeness (QED) is 0.833. The van der Waals surface area contributed by atoms with E-state index in [2.05, 4.69) is 20.4 Å². The number of carboxylic acid groups (broad SMARTS) is 1. The molecule has 0 aliphatic heterocycles. The molecule has 1 fully saturated rings. The third-order valence-corrected chi connectivity index (χ3v) is 3.82. The highest BCUT2D eigenvalue weighted by molar-refractivity contribution is 5.94. The molecule has 126 valence electrons. The van der Waals surface area contributed by atoms with Crippen LogP contribution in [0.1, 0.15) is 71.3 Å². The smallest absolute Gasteiger partial charge is 0.354 e. The third-order valence-electron chi connectivity index (χ3n) is 3.82. The van der Waals surface area contributed by atoms with Crippen LogP contribution in [0.5, 0.6) is 0 Å². The van der Waals surface area contributed by atoms with E-state index in [9.17, 15) is 9.59 Å². The number of rotatable bonds is 6. The number of aromatic nitrogens is 3. The maximum Gasteiger partial charge on any atom is 0.354 e. The van der Waals surface area contributed by atoms with Gasteiger partial charge in [-0.3, -0.25) is 4.79 Å². The van der Waals surface area contributed by atoms with E-state index in [0.717, 1.165) is 12.8 Å². The van der Waals surface area contributed by atoms with Crippen molar-refractivity contribution in [2.75, 3.05) is 0 Å². The van der Waals surface area contributed by atoms with Crippen LogP contribution in [0, 0.1) is 5.92 Å². The first-order valence-corrected chi connectivity index (χ1v) is 7.80. The summed E-state index contributed by atoms with van der Waals surface area (Å²) in [4.78, 5) is 31.6. The Hall–Kier alpha value is -2.77. The zero-order valence-corrected chi connectivity index (χ0v) is 13.4. The number of hydrogen-bond donors (Lipinski definition) is 2. The van der Waals surface area contributed by atoms with E-state index >= 15 is 0 Å². The van der Waals surface area contributed by atoms with E-state index in [4.69, 9.17) is 9.63 Å². The van der Waals surface area contributed by atoms with Gasteiger partial charge in [-0.25, -0.2) is 9.78 Å². The number of nitrogens with one attached hydrogen (secondary N) is 1. The summed E-state index contributed by atoms with van der Waals surface area (Å²) in [6.45, 7) is 3.85. The molecule has 1 aliphatic rings. The highest BCUT2D eigenvalue weighted by Crippen LogP contribution is 2.38. The van der Waals surface area contributed by atoms with Crippen molar-refractivity contribution in [3.8, 4) is 0 Å². The number of carboxylic acids is 1. The number of amides is 1. The second-order valence-corrected chi connectivity index (χ2v) is 6.17. The molecular weight excluding hydrogens is 312 g/mol. The van der Waals surface area contributed by atoms with Gasteiger partial charge in [0.25, 0.3) is 5.91 Å². The van der Waals surface area contributed by atoms with E-state index < -0.39 is 17.9 Å². The van der Waals surface area contributed by atoms with Gasteiger partial charge in [-0.05, 0) is 30.9 Å². The van der Waals surface area contributed by atoms with Crippen molar-refractivity contribution in [2.45, 2.75) is 38.6 Å². The summed E-state index contributed by atoms with van der Waals surface area (Å²) < 4.78 is 5.30. The SMILES string of the molecule is CC(C)[C@@H](NC(=O)c1cccc(C(=O)O)n1)c1nc(C2CC2)no1. The molecule has 0 bridgehead atoms. The zero-order valence-electron chi connectivity index (χ0n) is 13.4. The molecule has 8 heteroatoms. The molecule has 1 saturated carbocycles. The molecule has 2 N–H and O–H groups in total. The first kappa shape index (κ1) is 16.1. The van der Waals surface area contributed by atoms with E-state index in [1.165, 1.54) is 18.2 Å². The van der Waals surface area contributed by atoms with Gasteiger partial charge in [0.05, 0.1) is 0 Å². The second kappa shape index (κ2) is 6.38. The molecule has 1 atom stereocenters. The van der Waals surface area contributed by atoms with Crippen molar-refractivity contribution < 1.29 is 19.2 Å². The average Bonchev–Trinajstić information content (AvgIpc) is 3.30. The van der Waals surface area contributed by atoms with Crippen LogP contribution in [0.4, 0.5) is 0 Å². The van der Waals surface area contributed by atoms with Gasteiger partial charge in [-0.2, -0.15) is 4.98 Å². The summed E-state index contributed by atoms with van der Waals surface area (Å²) >= 11 is 0. The van der Waals surface area contributed by atoms with Gasteiger partial charge in [-0.15, -0.1) is 0 Å². The summed E-state index contributed by atoms with van der Waals surface area (Å²) in [6, 6.07) is 3.81. The number of pyridine rings is 1. The molecular formula is C16H18N4O4. The zero-order chi connectivity index (χ0) is 17.3. The second-order valence-electron chi connectivity index (χ2n) is 6.17. The van der Waals surface area contributed by atoms with Crippen LogP contribution < -0.4 is 5.32 Å². The molecule has 2 heterocycles. The Kier molecular flexibility index (Phi) is 4.28. The van der Waals surface area contributed by atoms with Gasteiger partial charge in [-0.1, -0.05) is 25.1 Å². The number of hydrogen-bond acceptors (Lipinski definition) is 6. The molecule has 24 heavy (non-hydrogen) atoms. The van der Waals surface area contributed by atoms with Crippen molar-refractivity contribution in [1.29, 1.82) is 0 Å². The molecule has 2 aromatic heterocycles. The minimum atomic E-state index is -1.18. The van der Waals surface area contributed by atoms with Crippen molar-refractivity contribution in [3.63, 3.8) is 0 Å². The third kappa shape index (κ3) is 3.42. The normalized spacial score (nSPS) is 15.3. The first-order chi connectivity index (χ1) is 11.5. The molecule has 3 rings (SSSR count). The van der Waals surface area contributed by atoms with Crippen molar-refractivity contribution in [1.82, 2.24) is 20.4 Å². The minimum Gasteiger partial charge on any atom is -0.477 e. The highest BCUT2D eigenvalue weighted by Gasteiger charge is 2.32. The fraction of sp³-hybridized carbons (Fsp3) is 0.438. The number of carbonyl (C=O) groups excluding carboxylic acids is 1. The Morgan fingerprint density at radius 1 is 1.25 bits per heavy atom. The molecule has 0 saturated heterocycles. The first-order valence-electron chi connectivity index (χ1n) is 7.80. The van der Waals surface area contributed by atoms with Crippen LogP contribution in [-0.4, -0.2) is 32.1 Å². The number of aromatic carboxylic acids is 1. The molecule has 1 amide bonds. The van der Waals surface area contributed by atoms with Gasteiger partial charge in [0.2, 0.25) is 5.89 Å². The lowest BCUT2D eigenvalue weighted by molar-refractivity contribution is 0.0690. The van der Waals surface area contributed by atoms with E-state index in [1.807, 2.05) is 13.8 Å². The number of carbonyl (C=O) groups is 2. The molecule has 0 aromatic carbocycles. The maximum atomic E-state index is 12.4. The Balaban J connectivity index is 1.78. The highest BCUT2D eigenvalue weighted by atomic mass is 16.5. The van der Waals surface area contributed by atoms with Crippen molar-refractivity contribution in [2.24, 2.45) is 5.92 Å². The largest absolute Gasteiger partial charge is 0.477 e. The van der Waals surface area contributed by atoms with Gasteiger partial charge in [0.15, 0.2) is 5.82 Å². The van der Waals surface area contributed by atoms with E-state index in [0.29, 0.717) is 17.6 Å². The van der Waals surface area contributed by atoms with Crippen molar-refractivity contribution >= 4 is 11.9 Å². The summed E-state index contributed by atoms with van der Waals surface area (Å²) in [7, 11) is 0. The maximum absolute atomic E-state index is 12.4. The van der Waals surface area contributed by atoms with Crippen LogP contribution in [0.3, 0.4) is 0 Å². The molecule has 0 unspecified atom stereocenters. The lowest BCUT2D eigenvalue weighted by atomic mass is 10.0. The minimum absolute atomic E-state index is 0.0177. The van der Waals surface area contributed by atoms with Crippen molar-refractivity contribution in [3.05, 3.63) is 41.3 Å². The Morgan fingerprint density at radius 3 is 2.58 bits per heavy atom. The van der Waals surface area contributed by atoms with Crippen LogP contribution in [0.2, 0.25) is 0 Å². The lowest BCUT2D eigenvalue weighted by Crippen LogP contribution is -2.32. The topological polar surface area (TPSA) is 118 Å². The van der Waals surface area contributed by atoms with Crippen LogP contribution in [-0.2, 0) is 0 Å². The fourth-order valence-electron chi connectivity index (χ4n) is 2.29. The standard InChI is InChI=1S/C16H18N4O4/c1-8(2)12(15-19-13(20-24-15)9-6-7-9)18-14(21)10-4-3-5-11(17-10)16(22)23/h3-5,8-9,12H,6-7H2,1-2H3,(H,18,21)(H,22,23)/t12-/m1/s1. The van der Waals surface area contributed by atoms with Crippen LogP contribution in [0.15, 0.2) is 22.7 Å². The average molecular weight is 330 g/mol. The van der Waals surface area contributed by atoms with Crippen LogP contribution >= 0.6 is 0 Å². The molecule has 0 radical (unpaired) electrons. The van der Waals surface area contributed by atoms with Gasteiger partial charge in [0, 0.05) is 5.92 Å². The molecule has 0 spiro atoms. The summed E-state index contributed by atoms with van der Waals surface area (Å²) in [5, 5.41) is 15.7. The molecule has 2 aromatic rings. The molecule has 1 aliphatic carbocycles. The number of nitrogens with zero attached hydrogens (tertiary/aromatic N) is 3. The van der Waals surface area contributed by atoms with E-state index in [1.54, 1.807) is 0 Å². The Labute approximate surface area is 138 Å². The van der Waals surface area contributed by atoms with Gasteiger partial charge in [0.1, 0.15) is 17.4 Å². The Bertz CT molecular complexity index is 767.